The largest absolute Gasteiger partial charge is 0.459 e. The first-order valence-electron chi connectivity index (χ1n) is 11.9. The number of nitrogens with one attached hydrogen (secondary N) is 1. The van der Waals surface area contributed by atoms with Crippen LogP contribution in [0.3, 0.4) is 0 Å². The Morgan fingerprint density at radius 1 is 1.19 bits per heavy atom. The van der Waals surface area contributed by atoms with Gasteiger partial charge in [-0.25, -0.2) is 0 Å². The van der Waals surface area contributed by atoms with Crippen molar-refractivity contribution in [3.8, 4) is 0 Å². The summed E-state index contributed by atoms with van der Waals surface area (Å²) >= 11 is 0. The molecule has 5 nitrogen and oxygen atoms in total. The van der Waals surface area contributed by atoms with Crippen LogP contribution in [-0.4, -0.2) is 37.2 Å². The van der Waals surface area contributed by atoms with Crippen molar-refractivity contribution in [1.82, 2.24) is 5.32 Å². The van der Waals surface area contributed by atoms with Crippen LogP contribution >= 0.6 is 0 Å². The topological polar surface area (TPSA) is 64.6 Å². The molecule has 3 atom stereocenters. The molecule has 1 amide bonds. The predicted molar refractivity (Wildman–Crippen MR) is 122 cm³/mol. The predicted octanol–water partition coefficient (Wildman–Crippen LogP) is 4.99. The van der Waals surface area contributed by atoms with Gasteiger partial charge in [-0.1, -0.05) is 50.1 Å². The number of carbonyl (C=O) groups is 2. The maximum atomic E-state index is 13.5. The van der Waals surface area contributed by atoms with E-state index in [2.05, 4.69) is 29.6 Å². The van der Waals surface area contributed by atoms with Crippen LogP contribution in [0.25, 0.3) is 0 Å². The number of ether oxygens (including phenoxy) is 2. The molecule has 1 N–H and O–H groups in total. The first-order valence-corrected chi connectivity index (χ1v) is 11.9. The molecular weight excluding hydrogens is 390 g/mol. The average Bonchev–Trinajstić information content (AvgIpc) is 3.36. The maximum Gasteiger partial charge on any atom is 0.309 e. The van der Waals surface area contributed by atoms with E-state index in [-0.39, 0.29) is 23.8 Å². The number of methoxy groups -OCH3 is 1. The number of hydrogen-bond acceptors (Lipinski definition) is 4. The van der Waals surface area contributed by atoms with E-state index in [1.165, 1.54) is 5.56 Å². The summed E-state index contributed by atoms with van der Waals surface area (Å²) in [5.74, 6) is 0.0110. The third kappa shape index (κ3) is 6.09. The highest BCUT2D eigenvalue weighted by atomic mass is 16.6. The molecule has 2 saturated carbocycles. The highest BCUT2D eigenvalue weighted by molar-refractivity contribution is 5.85. The lowest BCUT2D eigenvalue weighted by Gasteiger charge is -2.33. The van der Waals surface area contributed by atoms with Crippen LogP contribution in [0.4, 0.5) is 0 Å². The summed E-state index contributed by atoms with van der Waals surface area (Å²) in [5.41, 5.74) is 0.318. The molecule has 5 heteroatoms. The van der Waals surface area contributed by atoms with Gasteiger partial charge in [0.25, 0.3) is 0 Å². The van der Waals surface area contributed by atoms with E-state index in [1.54, 1.807) is 7.11 Å². The van der Waals surface area contributed by atoms with Crippen LogP contribution in [0.2, 0.25) is 0 Å². The van der Waals surface area contributed by atoms with Crippen molar-refractivity contribution in [2.45, 2.75) is 89.7 Å². The Labute approximate surface area is 187 Å². The van der Waals surface area contributed by atoms with E-state index in [9.17, 15) is 9.59 Å². The summed E-state index contributed by atoms with van der Waals surface area (Å²) in [6.07, 6.45) is 6.63. The van der Waals surface area contributed by atoms with Gasteiger partial charge in [-0.3, -0.25) is 9.59 Å². The Balaban J connectivity index is 1.68. The van der Waals surface area contributed by atoms with Gasteiger partial charge in [-0.2, -0.15) is 0 Å². The van der Waals surface area contributed by atoms with Crippen LogP contribution in [0.15, 0.2) is 30.3 Å². The van der Waals surface area contributed by atoms with Crippen LogP contribution in [0.1, 0.15) is 83.6 Å². The maximum absolute atomic E-state index is 13.5. The highest BCUT2D eigenvalue weighted by Crippen LogP contribution is 2.47. The number of amides is 1. The van der Waals surface area contributed by atoms with Crippen molar-refractivity contribution in [2.75, 3.05) is 13.7 Å². The van der Waals surface area contributed by atoms with Gasteiger partial charge in [0.05, 0.1) is 11.3 Å². The Hall–Kier alpha value is -1.88. The third-order valence-corrected chi connectivity index (χ3v) is 7.25. The van der Waals surface area contributed by atoms with Gasteiger partial charge in [0.1, 0.15) is 5.60 Å². The first-order chi connectivity index (χ1) is 14.8. The third-order valence-electron chi connectivity index (χ3n) is 7.25. The van der Waals surface area contributed by atoms with Gasteiger partial charge < -0.3 is 14.8 Å². The molecule has 0 saturated heterocycles. The molecule has 3 rings (SSSR count). The fraction of sp³-hybridized carbons (Fsp3) is 0.692. The smallest absolute Gasteiger partial charge is 0.309 e. The molecule has 0 spiro atoms. The first kappa shape index (κ1) is 23.8. The SMILES string of the molecule is CCC(C)(C)OC(=O)C(CCOC)CC1(C(=O)NC2C[C@H]2c2ccccc2)CCCC1. The van der Waals surface area contributed by atoms with Crippen LogP contribution in [0, 0.1) is 11.3 Å². The standard InChI is InChI=1S/C26H39NO4/c1-5-25(2,3)31-23(28)20(13-16-30-4)18-26(14-9-10-15-26)24(29)27-22-17-21(22)19-11-7-6-8-12-19/h6-8,11-12,20-22H,5,9-10,13-18H2,1-4H3,(H,27,29)/t20?,21-,22?/m0/s1. The molecule has 31 heavy (non-hydrogen) atoms. The molecule has 172 valence electrons. The zero-order valence-electron chi connectivity index (χ0n) is 19.6. The van der Waals surface area contributed by atoms with Crippen LogP contribution < -0.4 is 5.32 Å². The van der Waals surface area contributed by atoms with Crippen molar-refractivity contribution in [2.24, 2.45) is 11.3 Å². The van der Waals surface area contributed by atoms with Gasteiger partial charge >= 0.3 is 5.97 Å². The molecule has 2 aliphatic rings. The lowest BCUT2D eigenvalue weighted by Crippen LogP contribution is -2.43. The van der Waals surface area contributed by atoms with Crippen molar-refractivity contribution >= 4 is 11.9 Å². The fourth-order valence-corrected chi connectivity index (χ4v) is 4.78. The second-order valence-corrected chi connectivity index (χ2v) is 10.0. The summed E-state index contributed by atoms with van der Waals surface area (Å²) in [7, 11) is 1.65. The van der Waals surface area contributed by atoms with Gasteiger partial charge in [-0.05, 0) is 57.9 Å². The molecule has 2 unspecified atom stereocenters. The Kier molecular flexibility index (Phi) is 7.79. The Morgan fingerprint density at radius 2 is 1.87 bits per heavy atom. The Morgan fingerprint density at radius 3 is 2.48 bits per heavy atom. The molecule has 0 heterocycles. The van der Waals surface area contributed by atoms with Gasteiger partial charge in [0.2, 0.25) is 5.91 Å². The fourth-order valence-electron chi connectivity index (χ4n) is 4.78. The zero-order valence-corrected chi connectivity index (χ0v) is 19.6. The van der Waals surface area contributed by atoms with Crippen molar-refractivity contribution < 1.29 is 19.1 Å². The van der Waals surface area contributed by atoms with Gasteiger partial charge in [0.15, 0.2) is 0 Å². The van der Waals surface area contributed by atoms with E-state index in [0.29, 0.717) is 25.4 Å². The quantitative estimate of drug-likeness (QED) is 0.503. The Bertz CT molecular complexity index is 739. The molecule has 0 aromatic heterocycles. The normalized spacial score (nSPS) is 23.2. The molecule has 0 bridgehead atoms. The second-order valence-electron chi connectivity index (χ2n) is 10.0. The van der Waals surface area contributed by atoms with Crippen LogP contribution in [-0.2, 0) is 19.1 Å². The van der Waals surface area contributed by atoms with Crippen LogP contribution in [0.5, 0.6) is 0 Å². The summed E-state index contributed by atoms with van der Waals surface area (Å²) in [5, 5.41) is 3.32. The molecule has 2 fully saturated rings. The number of hydrogen-bond donors (Lipinski definition) is 1. The molecule has 1 aromatic carbocycles. The number of carbonyl (C=O) groups excluding carboxylic acids is 2. The lowest BCUT2D eigenvalue weighted by atomic mass is 9.75. The van der Waals surface area contributed by atoms with E-state index in [0.717, 1.165) is 38.5 Å². The summed E-state index contributed by atoms with van der Waals surface area (Å²) in [6, 6.07) is 10.6. The van der Waals surface area contributed by atoms with E-state index < -0.39 is 11.0 Å². The van der Waals surface area contributed by atoms with Crippen molar-refractivity contribution in [1.29, 1.82) is 0 Å². The lowest BCUT2D eigenvalue weighted by molar-refractivity contribution is -0.164. The molecule has 1 aromatic rings. The summed E-state index contributed by atoms with van der Waals surface area (Å²) in [6.45, 7) is 6.38. The number of benzene rings is 1. The van der Waals surface area contributed by atoms with Gasteiger partial charge in [-0.15, -0.1) is 0 Å². The number of rotatable bonds is 11. The van der Waals surface area contributed by atoms with Gasteiger partial charge in [0, 0.05) is 25.7 Å². The highest BCUT2D eigenvalue weighted by Gasteiger charge is 2.48. The zero-order chi connectivity index (χ0) is 22.5. The molecule has 0 radical (unpaired) electrons. The number of esters is 1. The minimum absolute atomic E-state index is 0.124. The summed E-state index contributed by atoms with van der Waals surface area (Å²) < 4.78 is 11.1. The minimum atomic E-state index is -0.496. The second kappa shape index (κ2) is 10.2. The van der Waals surface area contributed by atoms with E-state index >= 15 is 0 Å². The summed E-state index contributed by atoms with van der Waals surface area (Å²) in [4.78, 5) is 26.5. The average molecular weight is 430 g/mol. The monoisotopic (exact) mass is 429 g/mol. The van der Waals surface area contributed by atoms with Crippen molar-refractivity contribution in [3.05, 3.63) is 35.9 Å². The molecule has 2 aliphatic carbocycles. The van der Waals surface area contributed by atoms with E-state index in [4.69, 9.17) is 9.47 Å². The van der Waals surface area contributed by atoms with Crippen molar-refractivity contribution in [3.63, 3.8) is 0 Å². The van der Waals surface area contributed by atoms with E-state index in [1.807, 2.05) is 26.8 Å². The molecule has 0 aliphatic heterocycles. The minimum Gasteiger partial charge on any atom is -0.459 e. The molecular formula is C26H39NO4.